The second-order valence-corrected chi connectivity index (χ2v) is 18.2. The maximum atomic E-state index is 14.1. The molecule has 2 aromatic carbocycles. The van der Waals surface area contributed by atoms with E-state index >= 15 is 0 Å². The van der Waals surface area contributed by atoms with Gasteiger partial charge in [-0.25, -0.2) is 0 Å². The summed E-state index contributed by atoms with van der Waals surface area (Å²) < 4.78 is 7.17. The fourth-order valence-corrected chi connectivity index (χ4v) is 10.1. The molecule has 4 aliphatic rings. The predicted octanol–water partition coefficient (Wildman–Crippen LogP) is 2.39. The van der Waals surface area contributed by atoms with Gasteiger partial charge in [0.2, 0.25) is 0 Å². The van der Waals surface area contributed by atoms with Gasteiger partial charge < -0.3 is 0 Å². The fraction of sp³-hybridized carbons (Fsp3) is 0.263. The standard InChI is InChI=1S/C38H31ClIN6O6S/c1-18-19(2)53-37-30(18)32(22-8-10-23(39)11-9-22)41-26(33-44-43-20(3)45(33)37)16-29(48)52-40-38(4)15-14-21-6-5-7-24-31(21)25(17-38)36(51)46(35(24)50)27-12-13-28(47)42-34(27)49/h5-11,14-15,17,26-27H,12-13,16H2,1-4H3,(H,42,47,49)/q-1/t26-,27?,38?/m0/s1. The molecule has 0 saturated carbocycles. The van der Waals surface area contributed by atoms with E-state index in [9.17, 15) is 24.0 Å². The maximum absolute atomic E-state index is 14.1. The summed E-state index contributed by atoms with van der Waals surface area (Å²) in [5.41, 5.74) is 5.25. The number of aryl methyl sites for hydroxylation is 2. The Labute approximate surface area is 323 Å². The van der Waals surface area contributed by atoms with Crippen molar-refractivity contribution in [3.63, 3.8) is 0 Å². The van der Waals surface area contributed by atoms with Gasteiger partial charge in [-0.3, -0.25) is 0 Å². The number of rotatable bonds is 6. The Morgan fingerprint density at radius 3 is 2.58 bits per heavy atom. The van der Waals surface area contributed by atoms with Crippen molar-refractivity contribution in [3.8, 4) is 5.00 Å². The summed E-state index contributed by atoms with van der Waals surface area (Å²) in [6, 6.07) is 10.8. The monoisotopic (exact) mass is 861 g/mol. The Morgan fingerprint density at radius 2 is 1.83 bits per heavy atom. The number of aromatic nitrogens is 3. The van der Waals surface area contributed by atoms with Crippen molar-refractivity contribution < 1.29 is 48.7 Å². The summed E-state index contributed by atoms with van der Waals surface area (Å²) in [7, 11) is 0. The number of imide groups is 2. The molecule has 2 unspecified atom stereocenters. The van der Waals surface area contributed by atoms with E-state index in [-0.39, 0.29) is 30.4 Å². The number of nitrogens with zero attached hydrogens (tertiary/aromatic N) is 5. The molecule has 3 aliphatic heterocycles. The van der Waals surface area contributed by atoms with E-state index in [4.69, 9.17) is 19.7 Å². The first-order valence-corrected chi connectivity index (χ1v) is 20.0. The van der Waals surface area contributed by atoms with Crippen molar-refractivity contribution in [2.75, 3.05) is 0 Å². The quantitative estimate of drug-likeness (QED) is 0.176. The minimum atomic E-state index is -1.44. The Balaban J connectivity index is 1.10. The van der Waals surface area contributed by atoms with E-state index in [0.717, 1.165) is 37.2 Å². The van der Waals surface area contributed by atoms with Crippen LogP contribution in [-0.4, -0.2) is 64.4 Å². The Hall–Kier alpha value is -4.80. The summed E-state index contributed by atoms with van der Waals surface area (Å²) in [5.74, 6) is -1.66. The SMILES string of the molecule is Cc1sc2c(c1C)C(c1ccc(Cl)cc1)=N[C@@H](CC(=O)O[I-]C1(C)C=Cc3cccc4c3C(=C1)C(=O)N(C1CCC(=O)NC1=O)C4=O)c1nnc(C)n1-2. The van der Waals surface area contributed by atoms with E-state index in [1.165, 1.54) is 0 Å². The van der Waals surface area contributed by atoms with Crippen LogP contribution >= 0.6 is 22.9 Å². The van der Waals surface area contributed by atoms with E-state index in [1.807, 2.05) is 60.9 Å². The molecule has 12 nitrogen and oxygen atoms in total. The number of amides is 4. The number of halogens is 2. The second kappa shape index (κ2) is 13.2. The number of fused-ring (bicyclic) bond motifs is 3. The van der Waals surface area contributed by atoms with Crippen molar-refractivity contribution in [1.29, 1.82) is 0 Å². The van der Waals surface area contributed by atoms with E-state index in [2.05, 4.69) is 29.4 Å². The average Bonchev–Trinajstić information content (AvgIpc) is 3.54. The summed E-state index contributed by atoms with van der Waals surface area (Å²) in [4.78, 5) is 73.6. The van der Waals surface area contributed by atoms with Crippen LogP contribution in [0.25, 0.3) is 16.7 Å². The molecule has 0 radical (unpaired) electrons. The first-order valence-electron chi connectivity index (χ1n) is 16.8. The number of hydrogen-bond acceptors (Lipinski definition) is 10. The van der Waals surface area contributed by atoms with Crippen molar-refractivity contribution >= 4 is 69.9 Å². The van der Waals surface area contributed by atoms with Gasteiger partial charge in [-0.1, -0.05) is 0 Å². The topological polar surface area (TPSA) is 153 Å². The predicted molar refractivity (Wildman–Crippen MR) is 193 cm³/mol. The van der Waals surface area contributed by atoms with Crippen LogP contribution in [0.15, 0.2) is 59.6 Å². The molecule has 2 aromatic heterocycles. The van der Waals surface area contributed by atoms with Crippen molar-refractivity contribution in [3.05, 3.63) is 110 Å². The van der Waals surface area contributed by atoms with Gasteiger partial charge in [0.25, 0.3) is 0 Å². The zero-order valence-corrected chi connectivity index (χ0v) is 32.6. The molecule has 53 heavy (non-hydrogen) atoms. The molecule has 3 atom stereocenters. The van der Waals surface area contributed by atoms with Gasteiger partial charge in [0.1, 0.15) is 0 Å². The van der Waals surface area contributed by atoms with Crippen molar-refractivity contribution in [1.82, 2.24) is 25.0 Å². The molecule has 1 N–H and O–H groups in total. The first kappa shape index (κ1) is 35.2. The normalized spacial score (nSPS) is 21.9. The van der Waals surface area contributed by atoms with Gasteiger partial charge in [0.05, 0.1) is 0 Å². The summed E-state index contributed by atoms with van der Waals surface area (Å²) in [6.07, 6.45) is 5.38. The van der Waals surface area contributed by atoms with Crippen LogP contribution in [0.5, 0.6) is 0 Å². The van der Waals surface area contributed by atoms with E-state index in [1.54, 1.807) is 29.5 Å². The molecule has 0 bridgehead atoms. The molecular weight excluding hydrogens is 831 g/mol. The number of alkyl halides is 1. The van der Waals surface area contributed by atoms with Crippen LogP contribution < -0.4 is 26.9 Å². The molecule has 0 spiro atoms. The number of allylic oxidation sites excluding steroid dienone is 2. The molecule has 5 heterocycles. The first-order chi connectivity index (χ1) is 25.3. The number of nitrogens with one attached hydrogen (secondary N) is 1. The van der Waals surface area contributed by atoms with Gasteiger partial charge in [-0.15, -0.1) is 0 Å². The summed E-state index contributed by atoms with van der Waals surface area (Å²) >= 11 is 6.43. The summed E-state index contributed by atoms with van der Waals surface area (Å²) in [6.45, 7) is 7.86. The number of carbonyl (C=O) groups excluding carboxylic acids is 5. The Bertz CT molecular complexity index is 2400. The Morgan fingerprint density at radius 1 is 1.06 bits per heavy atom. The van der Waals surface area contributed by atoms with Gasteiger partial charge in [-0.05, 0) is 0 Å². The number of carbonyl (C=O) groups is 5. The third kappa shape index (κ3) is 6.05. The second-order valence-electron chi connectivity index (χ2n) is 13.4. The molecule has 1 aliphatic carbocycles. The van der Waals surface area contributed by atoms with Crippen LogP contribution in [0.1, 0.15) is 86.9 Å². The number of hydrogen-bond donors (Lipinski definition) is 1. The number of benzene rings is 2. The third-order valence-corrected chi connectivity index (χ3v) is 13.6. The molecule has 270 valence electrons. The molecule has 15 heteroatoms. The molecule has 1 saturated heterocycles. The zero-order chi connectivity index (χ0) is 37.3. The number of aliphatic imine (C=N–C) groups is 1. The molecule has 1 fully saturated rings. The van der Waals surface area contributed by atoms with Crippen molar-refractivity contribution in [2.45, 2.75) is 62.5 Å². The number of thiophene rings is 1. The molecule has 4 amide bonds. The Kier molecular flexibility index (Phi) is 8.81. The van der Waals surface area contributed by atoms with Crippen molar-refractivity contribution in [2.24, 2.45) is 4.99 Å². The van der Waals surface area contributed by atoms with E-state index < -0.39 is 66.7 Å². The molecular formula is C38H31ClIN6O6S-. The van der Waals surface area contributed by atoms with Gasteiger partial charge >= 0.3 is 326 Å². The molecule has 4 aromatic rings. The van der Waals surface area contributed by atoms with Gasteiger partial charge in [0, 0.05) is 0 Å². The zero-order valence-electron chi connectivity index (χ0n) is 28.9. The minimum absolute atomic E-state index is 0.00961. The van der Waals surface area contributed by atoms with Crippen LogP contribution in [0.4, 0.5) is 0 Å². The van der Waals surface area contributed by atoms with Gasteiger partial charge in [-0.2, -0.15) is 0 Å². The van der Waals surface area contributed by atoms with E-state index in [0.29, 0.717) is 27.8 Å². The summed E-state index contributed by atoms with van der Waals surface area (Å²) in [5, 5.41) is 12.6. The van der Waals surface area contributed by atoms with Crippen LogP contribution in [0.3, 0.4) is 0 Å². The van der Waals surface area contributed by atoms with Crippen LogP contribution in [0.2, 0.25) is 5.02 Å². The number of piperidine rings is 1. The van der Waals surface area contributed by atoms with Crippen LogP contribution in [-0.2, 0) is 22.2 Å². The molecule has 8 rings (SSSR count). The fourth-order valence-electron chi connectivity index (χ4n) is 7.07. The van der Waals surface area contributed by atoms with Crippen LogP contribution in [0, 0.1) is 20.8 Å². The van der Waals surface area contributed by atoms with Gasteiger partial charge in [0.15, 0.2) is 0 Å². The average molecular weight is 862 g/mol. The third-order valence-electron chi connectivity index (χ3n) is 9.81.